The third-order valence-electron chi connectivity index (χ3n) is 5.59. The van der Waals surface area contributed by atoms with Crippen LogP contribution in [0.3, 0.4) is 0 Å². The third kappa shape index (κ3) is 5.37. The smallest absolute Gasteiger partial charge is 0.319 e. The number of nitrogens with zero attached hydrogens (tertiary/aromatic N) is 5. The number of anilines is 2. The maximum Gasteiger partial charge on any atom is 0.319 e. The van der Waals surface area contributed by atoms with Crippen LogP contribution in [-0.2, 0) is 4.74 Å². The highest BCUT2D eigenvalue weighted by Gasteiger charge is 2.44. The molecule has 2 amide bonds. The van der Waals surface area contributed by atoms with E-state index in [0.717, 1.165) is 0 Å². The lowest BCUT2D eigenvalue weighted by Crippen LogP contribution is -2.39. The molecule has 3 heterocycles. The van der Waals surface area contributed by atoms with Gasteiger partial charge in [0.25, 0.3) is 0 Å². The van der Waals surface area contributed by atoms with Gasteiger partial charge < -0.3 is 36.2 Å². The van der Waals surface area contributed by atoms with Gasteiger partial charge >= 0.3 is 6.03 Å². The Balaban J connectivity index is 1.24. The van der Waals surface area contributed by atoms with Gasteiger partial charge in [0.15, 0.2) is 17.7 Å². The number of likely N-dealkylation sites (N-methyl/N-ethyl adjacent to an activating group) is 1. The van der Waals surface area contributed by atoms with E-state index in [-0.39, 0.29) is 11.8 Å². The van der Waals surface area contributed by atoms with E-state index >= 15 is 0 Å². The van der Waals surface area contributed by atoms with Crippen molar-refractivity contribution in [3.8, 4) is 0 Å². The number of hydrogen-bond donors (Lipinski definition) is 5. The zero-order valence-corrected chi connectivity index (χ0v) is 19.3. The van der Waals surface area contributed by atoms with Gasteiger partial charge in [-0.3, -0.25) is 4.57 Å². The molecule has 182 valence electrons. The van der Waals surface area contributed by atoms with Crippen molar-refractivity contribution >= 4 is 40.3 Å². The van der Waals surface area contributed by atoms with Crippen molar-refractivity contribution in [1.82, 2.24) is 29.7 Å². The minimum absolute atomic E-state index is 0.225. The highest BCUT2D eigenvalue weighted by atomic mass is 35.5. The average molecular weight is 491 g/mol. The maximum atomic E-state index is 12.0. The number of urea groups is 1. The van der Waals surface area contributed by atoms with E-state index in [1.165, 1.54) is 12.7 Å². The molecule has 2 aromatic heterocycles. The van der Waals surface area contributed by atoms with Crippen LogP contribution in [0.5, 0.6) is 0 Å². The van der Waals surface area contributed by atoms with Crippen molar-refractivity contribution in [3.63, 3.8) is 0 Å². The third-order valence-corrected chi connectivity index (χ3v) is 5.85. The number of nitrogen functional groups attached to an aromatic ring is 1. The second kappa shape index (κ2) is 10.5. The molecule has 13 heteroatoms. The maximum absolute atomic E-state index is 12.0. The van der Waals surface area contributed by atoms with Crippen LogP contribution < -0.4 is 16.4 Å². The van der Waals surface area contributed by atoms with Gasteiger partial charge in [0, 0.05) is 23.8 Å². The fourth-order valence-electron chi connectivity index (χ4n) is 3.82. The Labute approximate surface area is 200 Å². The summed E-state index contributed by atoms with van der Waals surface area (Å²) in [6.07, 6.45) is -0.278. The summed E-state index contributed by atoms with van der Waals surface area (Å²) in [7, 11) is 1.88. The lowest BCUT2D eigenvalue weighted by Gasteiger charge is -2.22. The van der Waals surface area contributed by atoms with Crippen LogP contribution in [0.1, 0.15) is 12.6 Å². The molecule has 1 saturated heterocycles. The van der Waals surface area contributed by atoms with E-state index < -0.39 is 24.5 Å². The van der Waals surface area contributed by atoms with Crippen molar-refractivity contribution in [1.29, 1.82) is 0 Å². The first-order chi connectivity index (χ1) is 16.3. The minimum Gasteiger partial charge on any atom is -0.387 e. The molecule has 6 N–H and O–H groups in total. The molecule has 0 saturated carbocycles. The Morgan fingerprint density at radius 3 is 2.76 bits per heavy atom. The fourth-order valence-corrected chi connectivity index (χ4v) is 3.95. The monoisotopic (exact) mass is 490 g/mol. The van der Waals surface area contributed by atoms with Crippen molar-refractivity contribution in [2.45, 2.75) is 31.0 Å². The van der Waals surface area contributed by atoms with Gasteiger partial charge in [0.05, 0.1) is 6.33 Å². The molecule has 1 aliphatic rings. The van der Waals surface area contributed by atoms with E-state index in [1.807, 2.05) is 11.9 Å². The molecular weight excluding hydrogens is 464 g/mol. The number of carbonyl (C=O) groups excluding carboxylic acids is 1. The van der Waals surface area contributed by atoms with Crippen LogP contribution in [0.15, 0.2) is 36.9 Å². The van der Waals surface area contributed by atoms with Crippen molar-refractivity contribution < 1.29 is 19.7 Å². The molecule has 4 rings (SSSR count). The number of amides is 2. The zero-order chi connectivity index (χ0) is 24.2. The van der Waals surface area contributed by atoms with Gasteiger partial charge in [-0.2, -0.15) is 0 Å². The standard InChI is InChI=1S/C21H27ClN8O4/c1-29(8-2-7-24-21(33)28-13-5-3-12(22)4-6-13)9-14-16(31)17(32)20(34-14)30-11-27-15-18(23)25-10-26-19(15)30/h3-6,10-11,14,16-17,20,31-32H,2,7-9H2,1H3,(H2,23,25,26)(H2,24,28,33)/t14-,16+,17-,20-/m1/s1. The van der Waals surface area contributed by atoms with Crippen molar-refractivity contribution in [2.75, 3.05) is 37.7 Å². The molecule has 0 unspecified atom stereocenters. The van der Waals surface area contributed by atoms with E-state index in [2.05, 4.69) is 25.6 Å². The number of aliphatic hydroxyl groups is 2. The number of ether oxygens (including phenoxy) is 1. The van der Waals surface area contributed by atoms with Gasteiger partial charge in [0.1, 0.15) is 30.2 Å². The Morgan fingerprint density at radius 1 is 1.24 bits per heavy atom. The van der Waals surface area contributed by atoms with Crippen LogP contribution in [0.4, 0.5) is 16.3 Å². The summed E-state index contributed by atoms with van der Waals surface area (Å²) in [6, 6.07) is 6.54. The summed E-state index contributed by atoms with van der Waals surface area (Å²) in [5, 5.41) is 27.2. The first-order valence-electron chi connectivity index (χ1n) is 10.8. The van der Waals surface area contributed by atoms with Crippen LogP contribution in [0, 0.1) is 0 Å². The highest BCUT2D eigenvalue weighted by molar-refractivity contribution is 6.30. The number of rotatable bonds is 8. The number of benzene rings is 1. The van der Waals surface area contributed by atoms with Gasteiger partial charge in [0.2, 0.25) is 0 Å². The van der Waals surface area contributed by atoms with E-state index in [9.17, 15) is 15.0 Å². The van der Waals surface area contributed by atoms with Crippen LogP contribution in [0.2, 0.25) is 5.02 Å². The summed E-state index contributed by atoms with van der Waals surface area (Å²) < 4.78 is 7.51. The predicted molar refractivity (Wildman–Crippen MR) is 126 cm³/mol. The molecule has 3 aromatic rings. The Bertz CT molecular complexity index is 1130. The number of nitrogens with two attached hydrogens (primary N) is 1. The molecule has 0 radical (unpaired) electrons. The van der Waals surface area contributed by atoms with Crippen LogP contribution in [-0.4, -0.2) is 85.7 Å². The predicted octanol–water partition coefficient (Wildman–Crippen LogP) is 0.825. The number of aromatic nitrogens is 4. The Morgan fingerprint density at radius 2 is 2.00 bits per heavy atom. The number of carbonyl (C=O) groups is 1. The fraction of sp³-hybridized carbons (Fsp3) is 0.429. The van der Waals surface area contributed by atoms with Gasteiger partial charge in [-0.15, -0.1) is 0 Å². The normalized spacial score (nSPS) is 22.4. The molecular formula is C21H27ClN8O4. The molecule has 0 bridgehead atoms. The Kier molecular flexibility index (Phi) is 7.44. The van der Waals surface area contributed by atoms with Gasteiger partial charge in [-0.1, -0.05) is 11.6 Å². The summed E-state index contributed by atoms with van der Waals surface area (Å²) in [6.45, 7) is 1.49. The molecule has 1 fully saturated rings. The second-order valence-electron chi connectivity index (χ2n) is 8.13. The molecule has 1 aromatic carbocycles. The molecule has 12 nitrogen and oxygen atoms in total. The second-order valence-corrected chi connectivity index (χ2v) is 8.57. The SMILES string of the molecule is CN(CCCNC(=O)Nc1ccc(Cl)cc1)C[C@H]1O[C@@H](n2cnc3c(N)ncnc32)[C@H](O)[C@H]1O. The first kappa shape index (κ1) is 24.1. The molecule has 0 aliphatic carbocycles. The summed E-state index contributed by atoms with van der Waals surface area (Å²) in [4.78, 5) is 26.2. The molecule has 4 atom stereocenters. The minimum atomic E-state index is -1.16. The lowest BCUT2D eigenvalue weighted by molar-refractivity contribution is -0.0421. The zero-order valence-electron chi connectivity index (χ0n) is 18.5. The first-order valence-corrected chi connectivity index (χ1v) is 11.1. The van der Waals surface area contributed by atoms with Crippen molar-refractivity contribution in [2.24, 2.45) is 0 Å². The highest BCUT2D eigenvalue weighted by Crippen LogP contribution is 2.32. The number of halogens is 1. The number of fused-ring (bicyclic) bond motifs is 1. The summed E-state index contributed by atoms with van der Waals surface area (Å²) in [5.74, 6) is 0.225. The number of hydrogen-bond acceptors (Lipinski definition) is 9. The summed E-state index contributed by atoms with van der Waals surface area (Å²) >= 11 is 5.84. The van der Waals surface area contributed by atoms with Crippen molar-refractivity contribution in [3.05, 3.63) is 41.9 Å². The van der Waals surface area contributed by atoms with Gasteiger partial charge in [-0.05, 0) is 44.3 Å². The van der Waals surface area contributed by atoms with E-state index in [4.69, 9.17) is 22.1 Å². The number of nitrogens with one attached hydrogen (secondary N) is 2. The molecule has 34 heavy (non-hydrogen) atoms. The largest absolute Gasteiger partial charge is 0.387 e. The molecule has 0 spiro atoms. The van der Waals surface area contributed by atoms with E-state index in [1.54, 1.807) is 28.8 Å². The quantitative estimate of drug-likeness (QED) is 0.287. The summed E-state index contributed by atoms with van der Waals surface area (Å²) in [5.41, 5.74) is 7.30. The molecule has 1 aliphatic heterocycles. The number of aliphatic hydroxyl groups excluding tert-OH is 2. The van der Waals surface area contributed by atoms with Gasteiger partial charge in [-0.25, -0.2) is 19.7 Å². The number of imidazole rings is 1. The lowest BCUT2D eigenvalue weighted by atomic mass is 10.1. The van der Waals surface area contributed by atoms with Crippen LogP contribution in [0.25, 0.3) is 11.2 Å². The topological polar surface area (TPSA) is 164 Å². The average Bonchev–Trinajstić information content (AvgIpc) is 3.36. The van der Waals surface area contributed by atoms with E-state index in [0.29, 0.717) is 47.9 Å². The Hall–Kier alpha value is -3.03. The van der Waals surface area contributed by atoms with Crippen LogP contribution >= 0.6 is 11.6 Å².